The average Bonchev–Trinajstić information content (AvgIpc) is 2.84. The fraction of sp³-hybridized carbons (Fsp3) is 1.00. The standard InChI is InChI=1S/C12H22O3/c1-9-6-8-15-12(9)11(13)5-4-10-3-2-7-14-10/h9-13H,2-8H2,1H3. The quantitative estimate of drug-likeness (QED) is 0.774. The summed E-state index contributed by atoms with van der Waals surface area (Å²) in [6.07, 6.45) is 5.37. The van der Waals surface area contributed by atoms with Gasteiger partial charge in [0.1, 0.15) is 0 Å². The lowest BCUT2D eigenvalue weighted by Crippen LogP contribution is -2.30. The van der Waals surface area contributed by atoms with Crippen LogP contribution in [-0.4, -0.2) is 36.6 Å². The fourth-order valence-corrected chi connectivity index (χ4v) is 2.60. The smallest absolute Gasteiger partial charge is 0.0860 e. The second-order valence-electron chi connectivity index (χ2n) is 4.88. The molecule has 0 amide bonds. The van der Waals surface area contributed by atoms with Crippen LogP contribution in [0.5, 0.6) is 0 Å². The molecule has 2 fully saturated rings. The Labute approximate surface area is 91.8 Å². The molecule has 2 rings (SSSR count). The third-order valence-corrected chi connectivity index (χ3v) is 3.63. The van der Waals surface area contributed by atoms with Gasteiger partial charge in [-0.1, -0.05) is 6.92 Å². The van der Waals surface area contributed by atoms with Gasteiger partial charge in [-0.3, -0.25) is 0 Å². The number of hydrogen-bond donors (Lipinski definition) is 1. The first-order valence-corrected chi connectivity index (χ1v) is 6.18. The average molecular weight is 214 g/mol. The lowest BCUT2D eigenvalue weighted by molar-refractivity contribution is -0.0270. The highest BCUT2D eigenvalue weighted by Gasteiger charge is 2.31. The molecule has 0 aromatic heterocycles. The maximum Gasteiger partial charge on any atom is 0.0860 e. The van der Waals surface area contributed by atoms with Crippen molar-refractivity contribution in [3.63, 3.8) is 0 Å². The summed E-state index contributed by atoms with van der Waals surface area (Å²) in [7, 11) is 0. The Kier molecular flexibility index (Phi) is 4.00. The number of aliphatic hydroxyl groups excluding tert-OH is 1. The molecule has 2 aliphatic heterocycles. The summed E-state index contributed by atoms with van der Waals surface area (Å²) in [5.41, 5.74) is 0. The molecule has 1 N–H and O–H groups in total. The van der Waals surface area contributed by atoms with Crippen LogP contribution in [0.3, 0.4) is 0 Å². The Bertz CT molecular complexity index is 189. The van der Waals surface area contributed by atoms with Crippen LogP contribution in [0.2, 0.25) is 0 Å². The van der Waals surface area contributed by atoms with Crippen molar-refractivity contribution in [3.8, 4) is 0 Å². The summed E-state index contributed by atoms with van der Waals surface area (Å²) in [5, 5.41) is 10.00. The Morgan fingerprint density at radius 3 is 2.73 bits per heavy atom. The first kappa shape index (κ1) is 11.4. The molecular weight excluding hydrogens is 192 g/mol. The van der Waals surface area contributed by atoms with Crippen molar-refractivity contribution in [1.29, 1.82) is 0 Å². The van der Waals surface area contributed by atoms with Crippen LogP contribution in [0.15, 0.2) is 0 Å². The molecule has 0 bridgehead atoms. The van der Waals surface area contributed by atoms with E-state index < -0.39 is 0 Å². The molecular formula is C12H22O3. The Balaban J connectivity index is 1.69. The van der Waals surface area contributed by atoms with Gasteiger partial charge in [-0.2, -0.15) is 0 Å². The Morgan fingerprint density at radius 2 is 2.13 bits per heavy atom. The largest absolute Gasteiger partial charge is 0.390 e. The van der Waals surface area contributed by atoms with Crippen LogP contribution in [0.25, 0.3) is 0 Å². The number of hydrogen-bond acceptors (Lipinski definition) is 3. The van der Waals surface area contributed by atoms with Crippen LogP contribution < -0.4 is 0 Å². The van der Waals surface area contributed by atoms with E-state index in [0.29, 0.717) is 12.0 Å². The van der Waals surface area contributed by atoms with E-state index >= 15 is 0 Å². The van der Waals surface area contributed by atoms with E-state index in [2.05, 4.69) is 6.92 Å². The maximum atomic E-state index is 10.00. The Morgan fingerprint density at radius 1 is 1.27 bits per heavy atom. The van der Waals surface area contributed by atoms with Crippen molar-refractivity contribution < 1.29 is 14.6 Å². The summed E-state index contributed by atoms with van der Waals surface area (Å²) in [4.78, 5) is 0. The Hall–Kier alpha value is -0.120. The number of aliphatic hydroxyl groups is 1. The van der Waals surface area contributed by atoms with Crippen molar-refractivity contribution in [1.82, 2.24) is 0 Å². The van der Waals surface area contributed by atoms with Gasteiger partial charge in [-0.25, -0.2) is 0 Å². The van der Waals surface area contributed by atoms with Crippen molar-refractivity contribution in [2.75, 3.05) is 13.2 Å². The predicted octanol–water partition coefficient (Wildman–Crippen LogP) is 1.73. The molecule has 2 saturated heterocycles. The van der Waals surface area contributed by atoms with Gasteiger partial charge in [0.05, 0.1) is 18.3 Å². The molecule has 2 heterocycles. The van der Waals surface area contributed by atoms with E-state index in [1.807, 2.05) is 0 Å². The third kappa shape index (κ3) is 2.92. The first-order valence-electron chi connectivity index (χ1n) is 6.18. The molecule has 0 radical (unpaired) electrons. The van der Waals surface area contributed by atoms with Crippen molar-refractivity contribution in [2.45, 2.75) is 57.3 Å². The van der Waals surface area contributed by atoms with E-state index in [1.165, 1.54) is 6.42 Å². The molecule has 0 spiro atoms. The molecule has 2 aliphatic rings. The highest BCUT2D eigenvalue weighted by atomic mass is 16.5. The van der Waals surface area contributed by atoms with Gasteiger partial charge in [0, 0.05) is 13.2 Å². The van der Waals surface area contributed by atoms with E-state index in [1.54, 1.807) is 0 Å². The summed E-state index contributed by atoms with van der Waals surface area (Å²) in [5.74, 6) is 0.504. The highest BCUT2D eigenvalue weighted by molar-refractivity contribution is 4.80. The lowest BCUT2D eigenvalue weighted by atomic mass is 9.95. The van der Waals surface area contributed by atoms with Crippen molar-refractivity contribution in [3.05, 3.63) is 0 Å². The van der Waals surface area contributed by atoms with Gasteiger partial charge in [0.25, 0.3) is 0 Å². The zero-order valence-corrected chi connectivity index (χ0v) is 9.52. The van der Waals surface area contributed by atoms with Crippen LogP contribution in [0.1, 0.15) is 39.0 Å². The lowest BCUT2D eigenvalue weighted by Gasteiger charge is -2.22. The molecule has 0 aromatic rings. The summed E-state index contributed by atoms with van der Waals surface area (Å²) >= 11 is 0. The van der Waals surface area contributed by atoms with E-state index in [9.17, 15) is 5.11 Å². The van der Waals surface area contributed by atoms with Gasteiger partial charge < -0.3 is 14.6 Å². The van der Waals surface area contributed by atoms with Gasteiger partial charge in [-0.05, 0) is 38.0 Å². The zero-order valence-electron chi connectivity index (χ0n) is 9.52. The normalized spacial score (nSPS) is 38.4. The van der Waals surface area contributed by atoms with Gasteiger partial charge in [0.15, 0.2) is 0 Å². The number of rotatable bonds is 4. The molecule has 0 aliphatic carbocycles. The maximum absolute atomic E-state index is 10.00. The summed E-state index contributed by atoms with van der Waals surface area (Å²) in [6.45, 7) is 3.87. The van der Waals surface area contributed by atoms with E-state index in [4.69, 9.17) is 9.47 Å². The van der Waals surface area contributed by atoms with Gasteiger partial charge in [-0.15, -0.1) is 0 Å². The summed E-state index contributed by atoms with van der Waals surface area (Å²) in [6, 6.07) is 0. The van der Waals surface area contributed by atoms with E-state index in [-0.39, 0.29) is 12.2 Å². The highest BCUT2D eigenvalue weighted by Crippen LogP contribution is 2.26. The van der Waals surface area contributed by atoms with Crippen LogP contribution in [0, 0.1) is 5.92 Å². The number of ether oxygens (including phenoxy) is 2. The molecule has 0 aromatic carbocycles. The molecule has 3 nitrogen and oxygen atoms in total. The van der Waals surface area contributed by atoms with Crippen LogP contribution >= 0.6 is 0 Å². The van der Waals surface area contributed by atoms with Crippen molar-refractivity contribution >= 4 is 0 Å². The minimum Gasteiger partial charge on any atom is -0.390 e. The molecule has 15 heavy (non-hydrogen) atoms. The summed E-state index contributed by atoms with van der Waals surface area (Å²) < 4.78 is 11.1. The predicted molar refractivity (Wildman–Crippen MR) is 57.7 cm³/mol. The molecule has 0 saturated carbocycles. The molecule has 4 atom stereocenters. The van der Waals surface area contributed by atoms with Crippen LogP contribution in [-0.2, 0) is 9.47 Å². The van der Waals surface area contributed by atoms with Crippen LogP contribution in [0.4, 0.5) is 0 Å². The minimum absolute atomic E-state index is 0.0615. The minimum atomic E-state index is -0.299. The topological polar surface area (TPSA) is 38.7 Å². The monoisotopic (exact) mass is 214 g/mol. The molecule has 4 unspecified atom stereocenters. The van der Waals surface area contributed by atoms with E-state index in [0.717, 1.165) is 38.9 Å². The fourth-order valence-electron chi connectivity index (χ4n) is 2.60. The van der Waals surface area contributed by atoms with Gasteiger partial charge in [0.2, 0.25) is 0 Å². The second kappa shape index (κ2) is 5.28. The zero-order chi connectivity index (χ0) is 10.7. The molecule has 88 valence electrons. The molecule has 3 heteroatoms. The first-order chi connectivity index (χ1) is 7.27. The third-order valence-electron chi connectivity index (χ3n) is 3.63. The van der Waals surface area contributed by atoms with Crippen molar-refractivity contribution in [2.24, 2.45) is 5.92 Å². The second-order valence-corrected chi connectivity index (χ2v) is 4.88. The SMILES string of the molecule is CC1CCOC1C(O)CCC1CCCO1. The van der Waals surface area contributed by atoms with Gasteiger partial charge >= 0.3 is 0 Å².